The molecular weight excluding hydrogens is 304 g/mol. The number of aryl methyl sites for hydroxylation is 2. The van der Waals surface area contributed by atoms with Crippen LogP contribution in [0.1, 0.15) is 27.3 Å². The van der Waals surface area contributed by atoms with E-state index >= 15 is 0 Å². The number of aromatic nitrogens is 1. The first-order valence-electron chi connectivity index (χ1n) is 6.01. The number of para-hydroxylation sites is 1. The number of halogens is 1. The lowest BCUT2D eigenvalue weighted by atomic mass is 10.1. The molecule has 19 heavy (non-hydrogen) atoms. The van der Waals surface area contributed by atoms with Crippen molar-refractivity contribution in [2.75, 3.05) is 5.32 Å². The number of nitrogens with zero attached hydrogens (tertiary/aromatic N) is 1. The largest absolute Gasteiger partial charge is 0.322 e. The summed E-state index contributed by atoms with van der Waals surface area (Å²) in [6, 6.07) is 11.4. The lowest BCUT2D eigenvalue weighted by molar-refractivity contribution is 0.102. The van der Waals surface area contributed by atoms with Crippen LogP contribution in [-0.4, -0.2) is 10.9 Å². The van der Waals surface area contributed by atoms with E-state index in [1.807, 2.05) is 50.2 Å². The molecule has 2 rings (SSSR count). The van der Waals surface area contributed by atoms with Crippen LogP contribution in [-0.2, 0) is 5.33 Å². The molecule has 0 saturated heterocycles. The first-order valence-corrected chi connectivity index (χ1v) is 7.13. The van der Waals surface area contributed by atoms with Crippen LogP contribution in [0.15, 0.2) is 36.4 Å². The van der Waals surface area contributed by atoms with Crippen LogP contribution in [0.4, 0.5) is 5.69 Å². The zero-order valence-corrected chi connectivity index (χ0v) is 12.5. The highest BCUT2D eigenvalue weighted by molar-refractivity contribution is 9.08. The van der Waals surface area contributed by atoms with Gasteiger partial charge < -0.3 is 5.32 Å². The van der Waals surface area contributed by atoms with Gasteiger partial charge in [0.15, 0.2) is 0 Å². The second-order valence-electron chi connectivity index (χ2n) is 4.33. The molecule has 1 N–H and O–H groups in total. The van der Waals surface area contributed by atoms with Crippen molar-refractivity contribution in [3.8, 4) is 0 Å². The van der Waals surface area contributed by atoms with E-state index in [4.69, 9.17) is 0 Å². The van der Waals surface area contributed by atoms with Gasteiger partial charge in [0, 0.05) is 16.7 Å². The molecule has 0 spiro atoms. The molecule has 0 atom stereocenters. The molecular formula is C15H15BrN2O. The summed E-state index contributed by atoms with van der Waals surface area (Å²) in [6.45, 7) is 3.76. The summed E-state index contributed by atoms with van der Waals surface area (Å²) in [5.41, 5.74) is 4.14. The third kappa shape index (κ3) is 3.20. The second-order valence-corrected chi connectivity index (χ2v) is 4.89. The van der Waals surface area contributed by atoms with Gasteiger partial charge in [-0.25, -0.2) is 0 Å². The normalized spacial score (nSPS) is 10.3. The maximum atomic E-state index is 12.2. The van der Waals surface area contributed by atoms with Crippen molar-refractivity contribution in [3.05, 3.63) is 58.9 Å². The molecule has 1 heterocycles. The molecule has 0 aliphatic carbocycles. The summed E-state index contributed by atoms with van der Waals surface area (Å²) in [6.07, 6.45) is 0. The number of alkyl halides is 1. The Morgan fingerprint density at radius 1 is 1.21 bits per heavy atom. The van der Waals surface area contributed by atoms with E-state index in [1.165, 1.54) is 0 Å². The maximum absolute atomic E-state index is 12.2. The fourth-order valence-electron chi connectivity index (χ4n) is 1.87. The Morgan fingerprint density at radius 3 is 2.63 bits per heavy atom. The van der Waals surface area contributed by atoms with Gasteiger partial charge in [0.25, 0.3) is 5.91 Å². The molecule has 0 unspecified atom stereocenters. The molecule has 0 aliphatic rings. The Hall–Kier alpha value is -1.68. The number of pyridine rings is 1. The lowest BCUT2D eigenvalue weighted by Crippen LogP contribution is -2.15. The molecule has 98 valence electrons. The highest BCUT2D eigenvalue weighted by atomic mass is 79.9. The third-order valence-corrected chi connectivity index (χ3v) is 3.48. The predicted molar refractivity (Wildman–Crippen MR) is 80.7 cm³/mol. The molecule has 2 aromatic rings. The van der Waals surface area contributed by atoms with Gasteiger partial charge in [0.2, 0.25) is 0 Å². The Morgan fingerprint density at radius 2 is 1.95 bits per heavy atom. The van der Waals surface area contributed by atoms with E-state index in [9.17, 15) is 4.79 Å². The van der Waals surface area contributed by atoms with Crippen molar-refractivity contribution in [1.29, 1.82) is 0 Å². The summed E-state index contributed by atoms with van der Waals surface area (Å²) in [5, 5.41) is 3.63. The second kappa shape index (κ2) is 5.97. The van der Waals surface area contributed by atoms with Crippen molar-refractivity contribution in [2.24, 2.45) is 0 Å². The highest BCUT2D eigenvalue weighted by Crippen LogP contribution is 2.19. The van der Waals surface area contributed by atoms with E-state index in [-0.39, 0.29) is 5.91 Å². The smallest absolute Gasteiger partial charge is 0.257 e. The number of benzene rings is 1. The summed E-state index contributed by atoms with van der Waals surface area (Å²) < 4.78 is 0. The first kappa shape index (κ1) is 13.7. The maximum Gasteiger partial charge on any atom is 0.257 e. The van der Waals surface area contributed by atoms with Crippen molar-refractivity contribution in [3.63, 3.8) is 0 Å². The molecule has 1 aromatic heterocycles. The molecule has 1 aromatic carbocycles. The molecule has 4 heteroatoms. The van der Waals surface area contributed by atoms with E-state index in [1.54, 1.807) is 0 Å². The van der Waals surface area contributed by atoms with E-state index < -0.39 is 0 Å². The topological polar surface area (TPSA) is 42.0 Å². The van der Waals surface area contributed by atoms with Crippen molar-refractivity contribution >= 4 is 27.5 Å². The van der Waals surface area contributed by atoms with Crippen LogP contribution >= 0.6 is 15.9 Å². The van der Waals surface area contributed by atoms with Crippen LogP contribution in [0, 0.1) is 13.8 Å². The molecule has 1 amide bonds. The molecule has 0 bridgehead atoms. The van der Waals surface area contributed by atoms with Gasteiger partial charge in [-0.15, -0.1) is 0 Å². The van der Waals surface area contributed by atoms with Gasteiger partial charge >= 0.3 is 0 Å². The number of carbonyl (C=O) groups is 1. The SMILES string of the molecule is Cc1ccc(C(=O)Nc2ccccc2CBr)c(C)n1. The summed E-state index contributed by atoms with van der Waals surface area (Å²) in [7, 11) is 0. The van der Waals surface area contributed by atoms with Gasteiger partial charge in [0.05, 0.1) is 11.3 Å². The number of amides is 1. The minimum Gasteiger partial charge on any atom is -0.322 e. The zero-order chi connectivity index (χ0) is 13.8. The minimum absolute atomic E-state index is 0.126. The summed E-state index contributed by atoms with van der Waals surface area (Å²) in [4.78, 5) is 16.6. The van der Waals surface area contributed by atoms with Gasteiger partial charge in [-0.05, 0) is 37.6 Å². The molecule has 0 radical (unpaired) electrons. The van der Waals surface area contributed by atoms with Crippen LogP contribution < -0.4 is 5.32 Å². The van der Waals surface area contributed by atoms with Crippen molar-refractivity contribution in [2.45, 2.75) is 19.2 Å². The number of anilines is 1. The quantitative estimate of drug-likeness (QED) is 0.873. The van der Waals surface area contributed by atoms with Crippen LogP contribution in [0.3, 0.4) is 0 Å². The number of hydrogen-bond donors (Lipinski definition) is 1. The fraction of sp³-hybridized carbons (Fsp3) is 0.200. The number of nitrogens with one attached hydrogen (secondary N) is 1. The molecule has 0 fully saturated rings. The number of rotatable bonds is 3. The standard InChI is InChI=1S/C15H15BrN2O/c1-10-7-8-13(11(2)17-10)15(19)18-14-6-4-3-5-12(14)9-16/h3-8H,9H2,1-2H3,(H,18,19). The fourth-order valence-corrected chi connectivity index (χ4v) is 2.36. The average Bonchev–Trinajstić information content (AvgIpc) is 2.39. The average molecular weight is 319 g/mol. The predicted octanol–water partition coefficient (Wildman–Crippen LogP) is 3.85. The number of carbonyl (C=O) groups excluding carboxylic acids is 1. The Kier molecular flexibility index (Phi) is 4.32. The Bertz CT molecular complexity index is 611. The first-order chi connectivity index (χ1) is 9.11. The Balaban J connectivity index is 2.26. The van der Waals surface area contributed by atoms with Crippen molar-refractivity contribution < 1.29 is 4.79 Å². The summed E-state index contributed by atoms with van der Waals surface area (Å²) >= 11 is 3.41. The minimum atomic E-state index is -0.126. The van der Waals surface area contributed by atoms with Gasteiger partial charge in [-0.3, -0.25) is 9.78 Å². The zero-order valence-electron chi connectivity index (χ0n) is 10.9. The van der Waals surface area contributed by atoms with Crippen molar-refractivity contribution in [1.82, 2.24) is 4.98 Å². The van der Waals surface area contributed by atoms with Crippen LogP contribution in [0.5, 0.6) is 0 Å². The van der Waals surface area contributed by atoms with E-state index in [0.29, 0.717) is 10.9 Å². The van der Waals surface area contributed by atoms with Crippen LogP contribution in [0.25, 0.3) is 0 Å². The monoisotopic (exact) mass is 318 g/mol. The lowest BCUT2D eigenvalue weighted by Gasteiger charge is -2.10. The molecule has 0 aliphatic heterocycles. The third-order valence-electron chi connectivity index (χ3n) is 2.88. The van der Waals surface area contributed by atoms with E-state index in [2.05, 4.69) is 26.2 Å². The Labute approximate surface area is 121 Å². The highest BCUT2D eigenvalue weighted by Gasteiger charge is 2.11. The van der Waals surface area contributed by atoms with Crippen LogP contribution in [0.2, 0.25) is 0 Å². The summed E-state index contributed by atoms with van der Waals surface area (Å²) in [5.74, 6) is -0.126. The van der Waals surface area contributed by atoms with E-state index in [0.717, 1.165) is 22.6 Å². The van der Waals surface area contributed by atoms with Gasteiger partial charge in [0.1, 0.15) is 0 Å². The van der Waals surface area contributed by atoms with Gasteiger partial charge in [-0.2, -0.15) is 0 Å². The molecule has 3 nitrogen and oxygen atoms in total. The van der Waals surface area contributed by atoms with Gasteiger partial charge in [-0.1, -0.05) is 34.1 Å². The molecule has 0 saturated carbocycles. The number of hydrogen-bond acceptors (Lipinski definition) is 2.